The van der Waals surface area contributed by atoms with Crippen molar-refractivity contribution >= 4 is 55.8 Å². The number of rotatable bonds is 4. The highest BCUT2D eigenvalue weighted by atomic mass is 127. The van der Waals surface area contributed by atoms with Gasteiger partial charge in [-0.2, -0.15) is 5.26 Å². The molecular formula is C10H9BrClIN2O. The molecule has 0 aliphatic heterocycles. The van der Waals surface area contributed by atoms with Crippen molar-refractivity contribution in [1.82, 2.24) is 0 Å². The lowest BCUT2D eigenvalue weighted by Crippen LogP contribution is -2.21. The van der Waals surface area contributed by atoms with Crippen molar-refractivity contribution in [2.24, 2.45) is 0 Å². The van der Waals surface area contributed by atoms with Gasteiger partial charge >= 0.3 is 0 Å². The number of halogens is 3. The molecule has 1 aromatic carbocycles. The van der Waals surface area contributed by atoms with Crippen molar-refractivity contribution in [1.29, 1.82) is 5.26 Å². The van der Waals surface area contributed by atoms with E-state index in [1.54, 1.807) is 6.07 Å². The number of anilines is 1. The lowest BCUT2D eigenvalue weighted by Gasteiger charge is -2.13. The van der Waals surface area contributed by atoms with Crippen molar-refractivity contribution < 1.29 is 5.11 Å². The molecule has 0 amide bonds. The molecule has 1 aromatic rings. The number of nitrogens with zero attached hydrogens (tertiary/aromatic N) is 1. The van der Waals surface area contributed by atoms with E-state index in [2.05, 4.69) is 49.9 Å². The number of aliphatic hydroxyl groups excluding tert-OH is 1. The quantitative estimate of drug-likeness (QED) is 0.587. The van der Waals surface area contributed by atoms with E-state index in [1.165, 1.54) is 0 Å². The van der Waals surface area contributed by atoms with Crippen LogP contribution < -0.4 is 5.32 Å². The van der Waals surface area contributed by atoms with Gasteiger partial charge in [-0.3, -0.25) is 0 Å². The number of alkyl halides is 1. The van der Waals surface area contributed by atoms with Gasteiger partial charge in [-0.15, -0.1) is 11.6 Å². The molecule has 6 heteroatoms. The average Bonchev–Trinajstić information content (AvgIpc) is 2.26. The first kappa shape index (κ1) is 14.0. The molecule has 1 atom stereocenters. The molecule has 0 saturated heterocycles. The summed E-state index contributed by atoms with van der Waals surface area (Å²) in [6, 6.07) is 5.74. The van der Waals surface area contributed by atoms with Crippen molar-refractivity contribution in [3.63, 3.8) is 0 Å². The highest BCUT2D eigenvalue weighted by Crippen LogP contribution is 2.27. The molecule has 0 fully saturated rings. The number of nitrogens with one attached hydrogen (secondary N) is 1. The maximum absolute atomic E-state index is 9.34. The van der Waals surface area contributed by atoms with Gasteiger partial charge in [0.2, 0.25) is 0 Å². The summed E-state index contributed by atoms with van der Waals surface area (Å²) in [5, 5.41) is 21.4. The molecule has 0 radical (unpaired) electrons. The van der Waals surface area contributed by atoms with E-state index in [4.69, 9.17) is 16.9 Å². The lowest BCUT2D eigenvalue weighted by atomic mass is 10.2. The number of benzene rings is 1. The van der Waals surface area contributed by atoms with Crippen LogP contribution in [0.1, 0.15) is 5.56 Å². The van der Waals surface area contributed by atoms with E-state index in [0.717, 1.165) is 13.7 Å². The van der Waals surface area contributed by atoms with Gasteiger partial charge in [0.25, 0.3) is 0 Å². The van der Waals surface area contributed by atoms with E-state index in [0.29, 0.717) is 12.1 Å². The monoisotopic (exact) mass is 414 g/mol. The van der Waals surface area contributed by atoms with Gasteiger partial charge in [0.15, 0.2) is 0 Å². The van der Waals surface area contributed by atoms with E-state index >= 15 is 0 Å². The van der Waals surface area contributed by atoms with Crippen LogP contribution >= 0.6 is 50.1 Å². The Kier molecular flexibility index (Phi) is 5.83. The molecule has 0 aliphatic carbocycles. The fourth-order valence-corrected chi connectivity index (χ4v) is 2.93. The van der Waals surface area contributed by atoms with Crippen LogP contribution in [0.2, 0.25) is 0 Å². The minimum atomic E-state index is -0.618. The summed E-state index contributed by atoms with van der Waals surface area (Å²) in [5.74, 6) is 0.169. The Bertz CT molecular complexity index is 422. The van der Waals surface area contributed by atoms with Gasteiger partial charge in [-0.25, -0.2) is 0 Å². The number of hydrogen-bond acceptors (Lipinski definition) is 3. The highest BCUT2D eigenvalue weighted by Gasteiger charge is 2.09. The third kappa shape index (κ3) is 3.77. The van der Waals surface area contributed by atoms with Crippen LogP contribution in [0.3, 0.4) is 0 Å². The largest absolute Gasteiger partial charge is 0.390 e. The second-order valence-corrected chi connectivity index (χ2v) is 5.50. The molecule has 0 aliphatic rings. The van der Waals surface area contributed by atoms with Crippen LogP contribution in [-0.4, -0.2) is 23.6 Å². The predicted octanol–water partition coefficient (Wildman–Crippen LogP) is 2.94. The van der Waals surface area contributed by atoms with E-state index < -0.39 is 6.10 Å². The number of nitriles is 1. The summed E-state index contributed by atoms with van der Waals surface area (Å²) in [7, 11) is 0. The van der Waals surface area contributed by atoms with E-state index in [-0.39, 0.29) is 5.88 Å². The molecule has 0 bridgehead atoms. The first-order chi connectivity index (χ1) is 7.58. The second kappa shape index (κ2) is 6.64. The maximum Gasteiger partial charge on any atom is 0.101 e. The molecule has 0 saturated carbocycles. The molecule has 0 aromatic heterocycles. The van der Waals surface area contributed by atoms with Gasteiger partial charge in [0.1, 0.15) is 6.07 Å². The van der Waals surface area contributed by atoms with Crippen LogP contribution in [0.25, 0.3) is 0 Å². The minimum Gasteiger partial charge on any atom is -0.390 e. The molecule has 1 unspecified atom stereocenters. The summed E-state index contributed by atoms with van der Waals surface area (Å²) >= 11 is 11.0. The Hall–Kier alpha value is -0.0300. The van der Waals surface area contributed by atoms with Crippen molar-refractivity contribution in [3.05, 3.63) is 25.7 Å². The maximum atomic E-state index is 9.34. The summed E-state index contributed by atoms with van der Waals surface area (Å²) in [6.45, 7) is 0.329. The molecule has 1 rings (SSSR count). The van der Waals surface area contributed by atoms with Crippen LogP contribution in [-0.2, 0) is 0 Å². The normalized spacial score (nSPS) is 11.9. The number of aliphatic hydroxyl groups is 1. The first-order valence-corrected chi connectivity index (χ1v) is 6.86. The predicted molar refractivity (Wildman–Crippen MR) is 76.8 cm³/mol. The SMILES string of the molecule is N#Cc1cc(Br)cc(I)c1NCC(O)CCl. The van der Waals surface area contributed by atoms with E-state index in [1.807, 2.05) is 6.07 Å². The molecule has 16 heavy (non-hydrogen) atoms. The topological polar surface area (TPSA) is 56.0 Å². The Morgan fingerprint density at radius 3 is 2.88 bits per heavy atom. The van der Waals surface area contributed by atoms with E-state index in [9.17, 15) is 5.11 Å². The lowest BCUT2D eigenvalue weighted by molar-refractivity contribution is 0.211. The summed E-state index contributed by atoms with van der Waals surface area (Å²) in [5.41, 5.74) is 1.27. The number of hydrogen-bond donors (Lipinski definition) is 2. The van der Waals surface area contributed by atoms with Crippen LogP contribution in [0.15, 0.2) is 16.6 Å². The van der Waals surface area contributed by atoms with Crippen molar-refractivity contribution in [3.8, 4) is 6.07 Å². The molecule has 2 N–H and O–H groups in total. The standard InChI is InChI=1S/C10H9BrClIN2O/c11-7-1-6(4-14)10(9(13)2-7)15-5-8(16)3-12/h1-2,8,15-16H,3,5H2. The fraction of sp³-hybridized carbons (Fsp3) is 0.300. The van der Waals surface area contributed by atoms with Crippen LogP contribution in [0, 0.1) is 14.9 Å². The van der Waals surface area contributed by atoms with Crippen LogP contribution in [0.4, 0.5) is 5.69 Å². The molecule has 0 heterocycles. The summed E-state index contributed by atoms with van der Waals surface area (Å²) in [6.07, 6.45) is -0.618. The van der Waals surface area contributed by atoms with Crippen molar-refractivity contribution in [2.75, 3.05) is 17.7 Å². The molecule has 86 valence electrons. The Balaban J connectivity index is 2.91. The summed E-state index contributed by atoms with van der Waals surface area (Å²) < 4.78 is 1.78. The zero-order valence-electron chi connectivity index (χ0n) is 8.17. The van der Waals surface area contributed by atoms with Gasteiger partial charge in [-0.1, -0.05) is 15.9 Å². The first-order valence-electron chi connectivity index (χ1n) is 4.45. The van der Waals surface area contributed by atoms with Crippen molar-refractivity contribution in [2.45, 2.75) is 6.10 Å². The molecule has 0 spiro atoms. The average molecular weight is 415 g/mol. The Labute approximate surface area is 121 Å². The Morgan fingerprint density at radius 1 is 1.62 bits per heavy atom. The van der Waals surface area contributed by atoms with Gasteiger partial charge in [0, 0.05) is 14.6 Å². The molecular weight excluding hydrogens is 406 g/mol. The zero-order chi connectivity index (χ0) is 12.1. The third-order valence-electron chi connectivity index (χ3n) is 1.87. The Morgan fingerprint density at radius 2 is 2.31 bits per heavy atom. The second-order valence-electron chi connectivity index (χ2n) is 3.11. The summed E-state index contributed by atoms with van der Waals surface area (Å²) in [4.78, 5) is 0. The van der Waals surface area contributed by atoms with Gasteiger partial charge in [0.05, 0.1) is 23.2 Å². The zero-order valence-corrected chi connectivity index (χ0v) is 12.7. The molecule has 3 nitrogen and oxygen atoms in total. The van der Waals surface area contributed by atoms with Gasteiger partial charge < -0.3 is 10.4 Å². The fourth-order valence-electron chi connectivity index (χ4n) is 1.12. The smallest absolute Gasteiger partial charge is 0.101 e. The minimum absolute atomic E-state index is 0.169. The van der Waals surface area contributed by atoms with Gasteiger partial charge in [-0.05, 0) is 34.7 Å². The third-order valence-corrected chi connectivity index (χ3v) is 3.53. The van der Waals surface area contributed by atoms with Crippen LogP contribution in [0.5, 0.6) is 0 Å². The highest BCUT2D eigenvalue weighted by molar-refractivity contribution is 14.1.